The van der Waals surface area contributed by atoms with E-state index in [1.807, 2.05) is 6.92 Å². The monoisotopic (exact) mass is 460 g/mol. The number of aromatic nitrogens is 4. The number of carbonyl (C=O) groups excluding carboxylic acids is 2. The topological polar surface area (TPSA) is 111 Å². The highest BCUT2D eigenvalue weighted by Gasteiger charge is 2.15. The van der Waals surface area contributed by atoms with Crippen LogP contribution in [0.15, 0.2) is 72.8 Å². The summed E-state index contributed by atoms with van der Waals surface area (Å²) in [4.78, 5) is 26.1. The van der Waals surface area contributed by atoms with Crippen LogP contribution in [0.25, 0.3) is 11.4 Å². The molecule has 1 aromatic heterocycles. The molecule has 10 heteroatoms. The Morgan fingerprint density at radius 3 is 2.44 bits per heavy atom. The largest absolute Gasteiger partial charge is 0.494 e. The summed E-state index contributed by atoms with van der Waals surface area (Å²) in [6.07, 6.45) is 0. The fourth-order valence-electron chi connectivity index (χ4n) is 3.13. The highest BCUT2D eigenvalue weighted by molar-refractivity contribution is 6.06. The number of hydrogen-bond donors (Lipinski definition) is 2. The molecule has 0 saturated carbocycles. The molecule has 2 amide bonds. The van der Waals surface area contributed by atoms with E-state index in [1.54, 1.807) is 48.5 Å². The number of rotatable bonds is 8. The van der Waals surface area contributed by atoms with Crippen LogP contribution in [-0.2, 0) is 11.3 Å². The molecule has 4 aromatic rings. The van der Waals surface area contributed by atoms with Gasteiger partial charge in [0, 0.05) is 16.8 Å². The molecule has 0 atom stereocenters. The molecular weight excluding hydrogens is 439 g/mol. The molecular formula is C24H21FN6O3. The normalized spacial score (nSPS) is 10.5. The van der Waals surface area contributed by atoms with Crippen LogP contribution >= 0.6 is 0 Å². The quantitative estimate of drug-likeness (QED) is 0.414. The van der Waals surface area contributed by atoms with Gasteiger partial charge in [-0.3, -0.25) is 9.59 Å². The zero-order chi connectivity index (χ0) is 23.9. The molecule has 1 heterocycles. The molecule has 0 aliphatic heterocycles. The van der Waals surface area contributed by atoms with Gasteiger partial charge >= 0.3 is 0 Å². The average molecular weight is 460 g/mol. The molecule has 2 N–H and O–H groups in total. The lowest BCUT2D eigenvalue weighted by atomic mass is 10.1. The van der Waals surface area contributed by atoms with E-state index in [0.29, 0.717) is 34.9 Å². The van der Waals surface area contributed by atoms with Gasteiger partial charge in [0.25, 0.3) is 5.91 Å². The lowest BCUT2D eigenvalue weighted by Gasteiger charge is -2.09. The van der Waals surface area contributed by atoms with E-state index in [0.717, 1.165) is 4.80 Å². The summed E-state index contributed by atoms with van der Waals surface area (Å²) in [7, 11) is 0. The summed E-state index contributed by atoms with van der Waals surface area (Å²) < 4.78 is 18.5. The summed E-state index contributed by atoms with van der Waals surface area (Å²) in [5.74, 6) is -0.206. The number of nitrogens with one attached hydrogen (secondary N) is 2. The van der Waals surface area contributed by atoms with E-state index in [4.69, 9.17) is 4.74 Å². The van der Waals surface area contributed by atoms with E-state index in [1.165, 1.54) is 24.3 Å². The van der Waals surface area contributed by atoms with Crippen LogP contribution in [0.5, 0.6) is 5.75 Å². The van der Waals surface area contributed by atoms with Gasteiger partial charge in [-0.25, -0.2) is 4.39 Å². The molecule has 3 aromatic carbocycles. The second-order valence-electron chi connectivity index (χ2n) is 7.16. The summed E-state index contributed by atoms with van der Waals surface area (Å²) >= 11 is 0. The Kier molecular flexibility index (Phi) is 6.87. The van der Waals surface area contributed by atoms with E-state index in [-0.39, 0.29) is 18.3 Å². The zero-order valence-electron chi connectivity index (χ0n) is 18.2. The minimum atomic E-state index is -0.427. The van der Waals surface area contributed by atoms with Gasteiger partial charge in [-0.2, -0.15) is 4.80 Å². The molecule has 0 fully saturated rings. The Bertz CT molecular complexity index is 1290. The van der Waals surface area contributed by atoms with Crippen molar-refractivity contribution in [3.63, 3.8) is 0 Å². The van der Waals surface area contributed by atoms with Crippen molar-refractivity contribution in [3.05, 3.63) is 84.2 Å². The number of hydrogen-bond acceptors (Lipinski definition) is 6. The van der Waals surface area contributed by atoms with Crippen LogP contribution in [0.3, 0.4) is 0 Å². The molecule has 9 nitrogen and oxygen atoms in total. The van der Waals surface area contributed by atoms with Crippen LogP contribution in [0.1, 0.15) is 17.3 Å². The molecule has 0 aliphatic rings. The zero-order valence-corrected chi connectivity index (χ0v) is 18.2. The van der Waals surface area contributed by atoms with E-state index in [9.17, 15) is 14.0 Å². The molecule has 0 bridgehead atoms. The van der Waals surface area contributed by atoms with Gasteiger partial charge in [0.15, 0.2) is 0 Å². The van der Waals surface area contributed by atoms with Gasteiger partial charge in [0.05, 0.1) is 12.3 Å². The minimum absolute atomic E-state index is 0.148. The Labute approximate surface area is 194 Å². The van der Waals surface area contributed by atoms with E-state index in [2.05, 4.69) is 26.0 Å². The number of benzene rings is 3. The first-order valence-electron chi connectivity index (χ1n) is 10.5. The van der Waals surface area contributed by atoms with Crippen LogP contribution in [0.2, 0.25) is 0 Å². The Morgan fingerprint density at radius 2 is 1.71 bits per heavy atom. The van der Waals surface area contributed by atoms with Gasteiger partial charge in [-0.05, 0) is 72.8 Å². The number of nitrogens with zero attached hydrogens (tertiary/aromatic N) is 4. The molecule has 4 rings (SSSR count). The van der Waals surface area contributed by atoms with Crippen molar-refractivity contribution in [3.8, 4) is 17.1 Å². The SMILES string of the molecule is CCOc1ccc(NC(=O)Cn2nnc(-c3ccccc3NC(=O)c3ccc(F)cc3)n2)cc1. The Morgan fingerprint density at radius 1 is 0.971 bits per heavy atom. The van der Waals surface area contributed by atoms with Crippen molar-refractivity contribution in [2.24, 2.45) is 0 Å². The molecule has 0 unspecified atom stereocenters. The summed E-state index contributed by atoms with van der Waals surface area (Å²) in [6, 6.07) is 19.2. The first-order valence-corrected chi connectivity index (χ1v) is 10.5. The Hall–Kier alpha value is -4.60. The highest BCUT2D eigenvalue weighted by Crippen LogP contribution is 2.25. The van der Waals surface area contributed by atoms with Gasteiger partial charge in [0.1, 0.15) is 18.1 Å². The highest BCUT2D eigenvalue weighted by atomic mass is 19.1. The molecule has 172 valence electrons. The standard InChI is InChI=1S/C24H21FN6O3/c1-2-34-19-13-11-18(12-14-19)26-22(32)15-31-29-23(28-30-31)20-5-3-4-6-21(20)27-24(33)16-7-9-17(25)10-8-16/h3-14H,2,15H2,1H3,(H,26,32)(H,27,33). The smallest absolute Gasteiger partial charge is 0.255 e. The number of amides is 2. The third-order valence-corrected chi connectivity index (χ3v) is 4.71. The van der Waals surface area contributed by atoms with Crippen LogP contribution in [0, 0.1) is 5.82 Å². The van der Waals surface area contributed by atoms with Crippen molar-refractivity contribution in [2.75, 3.05) is 17.2 Å². The third-order valence-electron chi connectivity index (χ3n) is 4.71. The Balaban J connectivity index is 1.43. The van der Waals surface area contributed by atoms with Gasteiger partial charge in [-0.15, -0.1) is 10.2 Å². The predicted molar refractivity (Wildman–Crippen MR) is 124 cm³/mol. The molecule has 0 saturated heterocycles. The van der Waals surface area contributed by atoms with Crippen LogP contribution in [0.4, 0.5) is 15.8 Å². The second-order valence-corrected chi connectivity index (χ2v) is 7.16. The molecule has 0 aliphatic carbocycles. The van der Waals surface area contributed by atoms with Gasteiger partial charge < -0.3 is 15.4 Å². The molecule has 34 heavy (non-hydrogen) atoms. The lowest BCUT2D eigenvalue weighted by molar-refractivity contribution is -0.117. The maximum absolute atomic E-state index is 13.1. The number of carbonyl (C=O) groups is 2. The number of ether oxygens (including phenoxy) is 1. The number of anilines is 2. The number of para-hydroxylation sites is 1. The maximum atomic E-state index is 13.1. The van der Waals surface area contributed by atoms with E-state index >= 15 is 0 Å². The summed E-state index contributed by atoms with van der Waals surface area (Å²) in [6.45, 7) is 2.31. The average Bonchev–Trinajstić information content (AvgIpc) is 3.29. The first kappa shape index (κ1) is 22.6. The van der Waals surface area contributed by atoms with Crippen molar-refractivity contribution in [1.82, 2.24) is 20.2 Å². The summed E-state index contributed by atoms with van der Waals surface area (Å²) in [5.41, 5.74) is 1.90. The predicted octanol–water partition coefficient (Wildman–Crippen LogP) is 3.77. The van der Waals surface area contributed by atoms with Crippen molar-refractivity contribution >= 4 is 23.2 Å². The van der Waals surface area contributed by atoms with Crippen LogP contribution in [-0.4, -0.2) is 38.6 Å². The maximum Gasteiger partial charge on any atom is 0.255 e. The summed E-state index contributed by atoms with van der Waals surface area (Å²) in [5, 5.41) is 17.8. The van der Waals surface area contributed by atoms with Crippen molar-refractivity contribution in [1.29, 1.82) is 0 Å². The number of tetrazole rings is 1. The van der Waals surface area contributed by atoms with Crippen molar-refractivity contribution in [2.45, 2.75) is 13.5 Å². The first-order chi connectivity index (χ1) is 16.5. The molecule has 0 spiro atoms. The van der Waals surface area contributed by atoms with Crippen LogP contribution < -0.4 is 15.4 Å². The molecule has 0 radical (unpaired) electrons. The fraction of sp³-hybridized carbons (Fsp3) is 0.125. The van der Waals surface area contributed by atoms with Crippen molar-refractivity contribution < 1.29 is 18.7 Å². The van der Waals surface area contributed by atoms with Gasteiger partial charge in [0.2, 0.25) is 11.7 Å². The third kappa shape index (κ3) is 5.60. The lowest BCUT2D eigenvalue weighted by Crippen LogP contribution is -2.20. The fourth-order valence-corrected chi connectivity index (χ4v) is 3.13. The van der Waals surface area contributed by atoms with Gasteiger partial charge in [-0.1, -0.05) is 12.1 Å². The second kappa shape index (κ2) is 10.3. The number of halogens is 1. The van der Waals surface area contributed by atoms with E-state index < -0.39 is 11.7 Å². The minimum Gasteiger partial charge on any atom is -0.494 e.